The summed E-state index contributed by atoms with van der Waals surface area (Å²) in [6, 6.07) is 0. The summed E-state index contributed by atoms with van der Waals surface area (Å²) in [4.78, 5) is 14.4. The van der Waals surface area contributed by atoms with Crippen LogP contribution in [0.4, 0.5) is 0 Å². The smallest absolute Gasteiger partial charge is 0.327 e. The highest BCUT2D eigenvalue weighted by atomic mass is 16.5. The van der Waals surface area contributed by atoms with Crippen LogP contribution >= 0.6 is 0 Å². The van der Waals surface area contributed by atoms with Crippen molar-refractivity contribution in [1.29, 1.82) is 0 Å². The van der Waals surface area contributed by atoms with E-state index < -0.39 is 5.54 Å². The maximum absolute atomic E-state index is 12.1. The molecule has 1 fully saturated rings. The van der Waals surface area contributed by atoms with Crippen LogP contribution in [0.3, 0.4) is 0 Å². The highest BCUT2D eigenvalue weighted by Crippen LogP contribution is 2.39. The first kappa shape index (κ1) is 15.4. The number of rotatable bonds is 9. The minimum Gasteiger partial charge on any atom is -0.465 e. The van der Waals surface area contributed by atoms with Crippen molar-refractivity contribution < 1.29 is 9.53 Å². The highest BCUT2D eigenvalue weighted by Gasteiger charge is 2.49. The van der Waals surface area contributed by atoms with E-state index >= 15 is 0 Å². The van der Waals surface area contributed by atoms with E-state index in [0.29, 0.717) is 19.1 Å². The molecule has 1 rings (SSSR count). The topological polar surface area (TPSA) is 55.6 Å². The standard InChI is InChI=1S/C14H28N2O2/c1-4-9-16(10-5-2)11-14(15,12-7-8-12)13(17)18-6-3/h12H,4-11,15H2,1-3H3. The third-order valence-electron chi connectivity index (χ3n) is 3.53. The van der Waals surface area contributed by atoms with E-state index in [1.54, 1.807) is 0 Å². The number of hydrogen-bond acceptors (Lipinski definition) is 4. The number of carbonyl (C=O) groups is 1. The van der Waals surface area contributed by atoms with Crippen molar-refractivity contribution in [3.8, 4) is 0 Å². The first-order valence-electron chi connectivity index (χ1n) is 7.26. The summed E-state index contributed by atoms with van der Waals surface area (Å²) in [5.41, 5.74) is 5.59. The van der Waals surface area contributed by atoms with Crippen LogP contribution in [0.1, 0.15) is 46.5 Å². The quantitative estimate of drug-likeness (QED) is 0.639. The summed E-state index contributed by atoms with van der Waals surface area (Å²) >= 11 is 0. The Bertz CT molecular complexity index is 261. The van der Waals surface area contributed by atoms with Crippen LogP contribution in [0.25, 0.3) is 0 Å². The summed E-state index contributed by atoms with van der Waals surface area (Å²) in [7, 11) is 0. The maximum Gasteiger partial charge on any atom is 0.327 e. The maximum atomic E-state index is 12.1. The van der Waals surface area contributed by atoms with E-state index in [1.165, 1.54) is 0 Å². The summed E-state index contributed by atoms with van der Waals surface area (Å²) in [5.74, 6) is 0.0949. The second kappa shape index (κ2) is 7.10. The Hall–Kier alpha value is -0.610. The van der Waals surface area contributed by atoms with Gasteiger partial charge in [0.1, 0.15) is 5.54 Å². The minimum atomic E-state index is -0.791. The molecule has 1 unspecified atom stereocenters. The molecule has 0 aromatic carbocycles. The molecule has 1 atom stereocenters. The number of nitrogens with two attached hydrogens (primary N) is 1. The predicted molar refractivity (Wildman–Crippen MR) is 73.3 cm³/mol. The predicted octanol–water partition coefficient (Wildman–Crippen LogP) is 1.78. The van der Waals surface area contributed by atoms with Crippen LogP contribution in [-0.4, -0.2) is 42.6 Å². The second-order valence-electron chi connectivity index (χ2n) is 5.31. The summed E-state index contributed by atoms with van der Waals surface area (Å²) in [6.07, 6.45) is 4.29. The average molecular weight is 256 g/mol. The van der Waals surface area contributed by atoms with Gasteiger partial charge in [0.2, 0.25) is 0 Å². The normalized spacial score (nSPS) is 18.7. The van der Waals surface area contributed by atoms with Gasteiger partial charge in [-0.2, -0.15) is 0 Å². The van der Waals surface area contributed by atoms with Gasteiger partial charge in [0.05, 0.1) is 6.61 Å². The fraction of sp³-hybridized carbons (Fsp3) is 0.929. The summed E-state index contributed by atoms with van der Waals surface area (Å²) in [5, 5.41) is 0. The van der Waals surface area contributed by atoms with E-state index in [-0.39, 0.29) is 5.97 Å². The molecular weight excluding hydrogens is 228 g/mol. The first-order chi connectivity index (χ1) is 8.58. The molecule has 0 aliphatic heterocycles. The van der Waals surface area contributed by atoms with Crippen molar-refractivity contribution in [1.82, 2.24) is 4.90 Å². The van der Waals surface area contributed by atoms with Gasteiger partial charge in [-0.3, -0.25) is 0 Å². The van der Waals surface area contributed by atoms with Crippen molar-refractivity contribution >= 4 is 5.97 Å². The SMILES string of the molecule is CCCN(CCC)CC(N)(C(=O)OCC)C1CC1. The van der Waals surface area contributed by atoms with Crippen molar-refractivity contribution in [2.75, 3.05) is 26.2 Å². The van der Waals surface area contributed by atoms with Crippen LogP contribution in [0.2, 0.25) is 0 Å². The number of hydrogen-bond donors (Lipinski definition) is 1. The lowest BCUT2D eigenvalue weighted by Crippen LogP contribution is -2.58. The van der Waals surface area contributed by atoms with Gasteiger partial charge in [-0.1, -0.05) is 13.8 Å². The Balaban J connectivity index is 2.67. The Morgan fingerprint density at radius 3 is 2.22 bits per heavy atom. The van der Waals surface area contributed by atoms with Gasteiger partial charge in [-0.15, -0.1) is 0 Å². The van der Waals surface area contributed by atoms with Crippen LogP contribution in [-0.2, 0) is 9.53 Å². The van der Waals surface area contributed by atoms with E-state index in [2.05, 4.69) is 18.7 Å². The Morgan fingerprint density at radius 2 is 1.83 bits per heavy atom. The zero-order valence-electron chi connectivity index (χ0n) is 12.1. The molecule has 2 N–H and O–H groups in total. The molecule has 0 heterocycles. The van der Waals surface area contributed by atoms with Crippen molar-refractivity contribution in [2.24, 2.45) is 11.7 Å². The molecule has 4 nitrogen and oxygen atoms in total. The van der Waals surface area contributed by atoms with Crippen LogP contribution < -0.4 is 5.73 Å². The molecule has 0 aromatic heterocycles. The monoisotopic (exact) mass is 256 g/mol. The fourth-order valence-electron chi connectivity index (χ4n) is 2.50. The van der Waals surface area contributed by atoms with Gasteiger partial charge in [0.25, 0.3) is 0 Å². The molecule has 1 saturated carbocycles. The number of esters is 1. The van der Waals surface area contributed by atoms with E-state index in [4.69, 9.17) is 10.5 Å². The molecule has 0 aromatic rings. The van der Waals surface area contributed by atoms with E-state index in [9.17, 15) is 4.79 Å². The molecule has 0 bridgehead atoms. The molecule has 0 amide bonds. The minimum absolute atomic E-state index is 0.218. The molecular formula is C14H28N2O2. The molecule has 4 heteroatoms. The number of carbonyl (C=O) groups excluding carboxylic acids is 1. The highest BCUT2D eigenvalue weighted by molar-refractivity contribution is 5.82. The largest absolute Gasteiger partial charge is 0.465 e. The van der Waals surface area contributed by atoms with Crippen LogP contribution in [0.5, 0.6) is 0 Å². The summed E-state index contributed by atoms with van der Waals surface area (Å²) < 4.78 is 5.17. The van der Waals surface area contributed by atoms with Crippen molar-refractivity contribution in [2.45, 2.75) is 52.0 Å². The third-order valence-corrected chi connectivity index (χ3v) is 3.53. The molecule has 0 radical (unpaired) electrons. The molecule has 0 saturated heterocycles. The zero-order valence-corrected chi connectivity index (χ0v) is 12.1. The van der Waals surface area contributed by atoms with E-state index in [1.807, 2.05) is 6.92 Å². The Kier molecular flexibility index (Phi) is 6.09. The lowest BCUT2D eigenvalue weighted by atomic mass is 9.93. The number of ether oxygens (including phenoxy) is 1. The molecule has 1 aliphatic carbocycles. The van der Waals surface area contributed by atoms with Gasteiger partial charge in [0.15, 0.2) is 0 Å². The summed E-state index contributed by atoms with van der Waals surface area (Å²) in [6.45, 7) is 9.19. The van der Waals surface area contributed by atoms with Gasteiger partial charge >= 0.3 is 5.97 Å². The van der Waals surface area contributed by atoms with E-state index in [0.717, 1.165) is 38.8 Å². The van der Waals surface area contributed by atoms with Crippen molar-refractivity contribution in [3.63, 3.8) is 0 Å². The van der Waals surface area contributed by atoms with Gasteiger partial charge in [-0.05, 0) is 51.6 Å². The fourth-order valence-corrected chi connectivity index (χ4v) is 2.50. The molecule has 1 aliphatic rings. The first-order valence-corrected chi connectivity index (χ1v) is 7.26. The second-order valence-corrected chi connectivity index (χ2v) is 5.31. The van der Waals surface area contributed by atoms with Gasteiger partial charge in [0, 0.05) is 6.54 Å². The van der Waals surface area contributed by atoms with Gasteiger partial charge < -0.3 is 15.4 Å². The lowest BCUT2D eigenvalue weighted by molar-refractivity contribution is -0.151. The molecule has 18 heavy (non-hydrogen) atoms. The molecule has 106 valence electrons. The van der Waals surface area contributed by atoms with Crippen molar-refractivity contribution in [3.05, 3.63) is 0 Å². The molecule has 0 spiro atoms. The Labute approximate surface area is 111 Å². The van der Waals surface area contributed by atoms with Crippen LogP contribution in [0.15, 0.2) is 0 Å². The average Bonchev–Trinajstić information content (AvgIpc) is 3.14. The Morgan fingerprint density at radius 1 is 1.28 bits per heavy atom. The third kappa shape index (κ3) is 3.95. The van der Waals surface area contributed by atoms with Crippen LogP contribution in [0, 0.1) is 5.92 Å². The van der Waals surface area contributed by atoms with Gasteiger partial charge in [-0.25, -0.2) is 4.79 Å². The lowest BCUT2D eigenvalue weighted by Gasteiger charge is -2.33. The number of nitrogens with zero attached hydrogens (tertiary/aromatic N) is 1. The zero-order chi connectivity index (χ0) is 13.6.